The van der Waals surface area contributed by atoms with E-state index < -0.39 is 0 Å². The van der Waals surface area contributed by atoms with Crippen molar-refractivity contribution in [2.24, 2.45) is 0 Å². The SMILES string of the molecule is O=C(Nc1ccn(Cc2c(Cl)cccc2Cl)n1)c1cccc(Cn2cc(Br)cn2)c1. The summed E-state index contributed by atoms with van der Waals surface area (Å²) in [5, 5.41) is 12.6. The summed E-state index contributed by atoms with van der Waals surface area (Å²) in [5.41, 5.74) is 2.29. The molecule has 0 aliphatic carbocycles. The van der Waals surface area contributed by atoms with Gasteiger partial charge in [0.25, 0.3) is 5.91 Å². The number of carbonyl (C=O) groups excluding carboxylic acids is 1. The molecule has 2 aromatic heterocycles. The number of nitrogens with zero attached hydrogens (tertiary/aromatic N) is 4. The minimum atomic E-state index is -0.237. The van der Waals surface area contributed by atoms with Crippen molar-refractivity contribution in [1.82, 2.24) is 19.6 Å². The quantitative estimate of drug-likeness (QED) is 0.377. The molecule has 0 fully saturated rings. The first-order valence-corrected chi connectivity index (χ1v) is 10.6. The molecule has 0 spiro atoms. The van der Waals surface area contributed by atoms with Gasteiger partial charge in [0.05, 0.1) is 23.8 Å². The van der Waals surface area contributed by atoms with Crippen LogP contribution in [0.15, 0.2) is 71.6 Å². The van der Waals surface area contributed by atoms with E-state index in [0.29, 0.717) is 34.5 Å². The third kappa shape index (κ3) is 4.92. The highest BCUT2D eigenvalue weighted by Crippen LogP contribution is 2.25. The monoisotopic (exact) mass is 503 g/mol. The molecule has 0 saturated carbocycles. The number of rotatable bonds is 6. The van der Waals surface area contributed by atoms with Crippen LogP contribution in [0.3, 0.4) is 0 Å². The molecule has 152 valence electrons. The fourth-order valence-corrected chi connectivity index (χ4v) is 3.82. The van der Waals surface area contributed by atoms with E-state index in [1.165, 1.54) is 0 Å². The molecular weight excluding hydrogens is 489 g/mol. The number of hydrogen-bond donors (Lipinski definition) is 1. The number of aromatic nitrogens is 4. The second-order valence-corrected chi connectivity index (χ2v) is 8.34. The summed E-state index contributed by atoms with van der Waals surface area (Å²) in [6.07, 6.45) is 5.37. The van der Waals surface area contributed by atoms with Gasteiger partial charge in [0, 0.05) is 39.6 Å². The Morgan fingerprint density at radius 2 is 1.80 bits per heavy atom. The first kappa shape index (κ1) is 20.7. The number of halogens is 3. The fraction of sp³-hybridized carbons (Fsp3) is 0.0952. The molecule has 4 aromatic rings. The lowest BCUT2D eigenvalue weighted by Crippen LogP contribution is -2.13. The Kier molecular flexibility index (Phi) is 6.22. The van der Waals surface area contributed by atoms with E-state index in [2.05, 4.69) is 31.4 Å². The summed E-state index contributed by atoms with van der Waals surface area (Å²) in [5.74, 6) is 0.212. The van der Waals surface area contributed by atoms with Crippen LogP contribution in [0, 0.1) is 0 Å². The van der Waals surface area contributed by atoms with Crippen LogP contribution in [-0.2, 0) is 13.1 Å². The van der Waals surface area contributed by atoms with E-state index >= 15 is 0 Å². The van der Waals surface area contributed by atoms with Crippen molar-refractivity contribution in [3.05, 3.63) is 98.3 Å². The molecular formula is C21H16BrCl2N5O. The van der Waals surface area contributed by atoms with Crippen LogP contribution in [0.5, 0.6) is 0 Å². The third-order valence-corrected chi connectivity index (χ3v) is 5.52. The van der Waals surface area contributed by atoms with Crippen LogP contribution in [0.25, 0.3) is 0 Å². The zero-order chi connectivity index (χ0) is 21.1. The lowest BCUT2D eigenvalue weighted by Gasteiger charge is -2.07. The van der Waals surface area contributed by atoms with Crippen molar-refractivity contribution in [3.8, 4) is 0 Å². The smallest absolute Gasteiger partial charge is 0.256 e. The lowest BCUT2D eigenvalue weighted by molar-refractivity contribution is 0.102. The predicted molar refractivity (Wildman–Crippen MR) is 121 cm³/mol. The van der Waals surface area contributed by atoms with Crippen LogP contribution in [0.4, 0.5) is 5.82 Å². The van der Waals surface area contributed by atoms with Crippen LogP contribution >= 0.6 is 39.1 Å². The summed E-state index contributed by atoms with van der Waals surface area (Å²) < 4.78 is 4.38. The van der Waals surface area contributed by atoms with Crippen LogP contribution in [0.2, 0.25) is 10.0 Å². The molecule has 0 atom stereocenters. The average Bonchev–Trinajstić information content (AvgIpc) is 3.33. The Morgan fingerprint density at radius 3 is 2.53 bits per heavy atom. The largest absolute Gasteiger partial charge is 0.305 e. The molecule has 6 nitrogen and oxygen atoms in total. The van der Waals surface area contributed by atoms with Gasteiger partial charge in [-0.3, -0.25) is 14.2 Å². The minimum absolute atomic E-state index is 0.237. The summed E-state index contributed by atoms with van der Waals surface area (Å²) in [6.45, 7) is 0.975. The van der Waals surface area contributed by atoms with Gasteiger partial charge >= 0.3 is 0 Å². The van der Waals surface area contributed by atoms with Gasteiger partial charge < -0.3 is 5.32 Å². The molecule has 9 heteroatoms. The Bertz CT molecular complexity index is 1180. The number of anilines is 1. The van der Waals surface area contributed by atoms with Gasteiger partial charge in [0.2, 0.25) is 0 Å². The number of amides is 1. The van der Waals surface area contributed by atoms with Gasteiger partial charge in [-0.15, -0.1) is 0 Å². The first-order chi connectivity index (χ1) is 14.5. The van der Waals surface area contributed by atoms with Crippen LogP contribution < -0.4 is 5.32 Å². The van der Waals surface area contributed by atoms with Crippen molar-refractivity contribution in [2.45, 2.75) is 13.1 Å². The molecule has 0 aliphatic heterocycles. The molecule has 1 N–H and O–H groups in total. The van der Waals surface area contributed by atoms with Crippen molar-refractivity contribution in [3.63, 3.8) is 0 Å². The van der Waals surface area contributed by atoms with E-state index in [4.69, 9.17) is 23.2 Å². The molecule has 0 radical (unpaired) electrons. The summed E-state index contributed by atoms with van der Waals surface area (Å²) in [6, 6.07) is 14.5. The maximum absolute atomic E-state index is 12.7. The van der Waals surface area contributed by atoms with Gasteiger partial charge in [-0.2, -0.15) is 10.2 Å². The summed E-state index contributed by atoms with van der Waals surface area (Å²) in [7, 11) is 0. The van der Waals surface area contributed by atoms with Gasteiger partial charge in [-0.25, -0.2) is 0 Å². The average molecular weight is 505 g/mol. The Hall–Kier alpha value is -2.61. The molecule has 1 amide bonds. The number of hydrogen-bond acceptors (Lipinski definition) is 3. The first-order valence-electron chi connectivity index (χ1n) is 9.02. The zero-order valence-corrected chi connectivity index (χ0v) is 18.7. The van der Waals surface area contributed by atoms with Crippen molar-refractivity contribution < 1.29 is 4.79 Å². The standard InChI is InChI=1S/C21H16BrCl2N5O/c22-16-10-25-29(12-16)11-14-3-1-4-15(9-14)21(30)26-20-7-8-28(27-20)13-17-18(23)5-2-6-19(17)24/h1-10,12H,11,13H2,(H,26,27,30). The van der Waals surface area contributed by atoms with Gasteiger partial charge in [0.15, 0.2) is 5.82 Å². The third-order valence-electron chi connectivity index (χ3n) is 4.40. The predicted octanol–water partition coefficient (Wildman–Crippen LogP) is 5.50. The molecule has 2 aromatic carbocycles. The molecule has 0 bridgehead atoms. The van der Waals surface area contributed by atoms with Gasteiger partial charge in [-0.05, 0) is 45.8 Å². The second-order valence-electron chi connectivity index (χ2n) is 6.61. The Balaban J connectivity index is 1.44. The van der Waals surface area contributed by atoms with E-state index in [-0.39, 0.29) is 5.91 Å². The number of carbonyl (C=O) groups is 1. The van der Waals surface area contributed by atoms with Crippen molar-refractivity contribution >= 4 is 50.9 Å². The second kappa shape index (κ2) is 9.04. The van der Waals surface area contributed by atoms with E-state index in [9.17, 15) is 4.79 Å². The zero-order valence-electron chi connectivity index (χ0n) is 15.6. The highest BCUT2D eigenvalue weighted by atomic mass is 79.9. The fourth-order valence-electron chi connectivity index (χ4n) is 2.97. The van der Waals surface area contributed by atoms with E-state index in [0.717, 1.165) is 15.6 Å². The Morgan fingerprint density at radius 1 is 1.03 bits per heavy atom. The van der Waals surface area contributed by atoms with Crippen molar-refractivity contribution in [2.75, 3.05) is 5.32 Å². The lowest BCUT2D eigenvalue weighted by atomic mass is 10.1. The van der Waals surface area contributed by atoms with Gasteiger partial charge in [-0.1, -0.05) is 41.4 Å². The van der Waals surface area contributed by atoms with E-state index in [1.807, 2.05) is 24.4 Å². The molecule has 30 heavy (non-hydrogen) atoms. The topological polar surface area (TPSA) is 64.7 Å². The maximum Gasteiger partial charge on any atom is 0.256 e. The summed E-state index contributed by atoms with van der Waals surface area (Å²) >= 11 is 15.8. The number of nitrogens with one attached hydrogen (secondary N) is 1. The minimum Gasteiger partial charge on any atom is -0.305 e. The van der Waals surface area contributed by atoms with Crippen LogP contribution in [0.1, 0.15) is 21.5 Å². The number of benzene rings is 2. The molecule has 0 saturated heterocycles. The molecule has 2 heterocycles. The highest BCUT2D eigenvalue weighted by molar-refractivity contribution is 9.10. The molecule has 0 aliphatic rings. The molecule has 4 rings (SSSR count). The van der Waals surface area contributed by atoms with Gasteiger partial charge in [0.1, 0.15) is 0 Å². The Labute approximate surface area is 191 Å². The molecule has 0 unspecified atom stereocenters. The van der Waals surface area contributed by atoms with Crippen LogP contribution in [-0.4, -0.2) is 25.5 Å². The normalized spacial score (nSPS) is 10.9. The highest BCUT2D eigenvalue weighted by Gasteiger charge is 2.11. The van der Waals surface area contributed by atoms with E-state index in [1.54, 1.807) is 52.1 Å². The van der Waals surface area contributed by atoms with Crippen molar-refractivity contribution in [1.29, 1.82) is 0 Å². The maximum atomic E-state index is 12.7. The summed E-state index contributed by atoms with van der Waals surface area (Å²) in [4.78, 5) is 12.7.